The van der Waals surface area contributed by atoms with Gasteiger partial charge in [0.05, 0.1) is 7.11 Å². The van der Waals surface area contributed by atoms with Crippen LogP contribution in [0.4, 0.5) is 0 Å². The van der Waals surface area contributed by atoms with Gasteiger partial charge in [0.2, 0.25) is 5.91 Å². The molecule has 1 atom stereocenters. The molecule has 0 bridgehead atoms. The summed E-state index contributed by atoms with van der Waals surface area (Å²) < 4.78 is 4.56. The van der Waals surface area contributed by atoms with Crippen molar-refractivity contribution in [2.75, 3.05) is 26.7 Å². The van der Waals surface area contributed by atoms with Crippen molar-refractivity contribution in [3.05, 3.63) is 0 Å². The minimum atomic E-state index is -0.362. The predicted octanol–water partition coefficient (Wildman–Crippen LogP) is 1.08. The minimum Gasteiger partial charge on any atom is -0.469 e. The van der Waals surface area contributed by atoms with E-state index in [9.17, 15) is 9.59 Å². The third kappa shape index (κ3) is 4.82. The zero-order chi connectivity index (χ0) is 14.3. The highest BCUT2D eigenvalue weighted by Gasteiger charge is 2.36. The molecular formula is C14H26N2O3. The fourth-order valence-electron chi connectivity index (χ4n) is 2.42. The van der Waals surface area contributed by atoms with Gasteiger partial charge >= 0.3 is 5.97 Å². The SMILES string of the molecule is COC(=O)CCCNC(=O)C(C)(C)C1CCCNC1. The molecule has 1 fully saturated rings. The lowest BCUT2D eigenvalue weighted by Gasteiger charge is -2.36. The van der Waals surface area contributed by atoms with Gasteiger partial charge in [-0.2, -0.15) is 0 Å². The van der Waals surface area contributed by atoms with E-state index in [1.807, 2.05) is 13.8 Å². The minimum absolute atomic E-state index is 0.0751. The van der Waals surface area contributed by atoms with Crippen LogP contribution in [0.2, 0.25) is 0 Å². The smallest absolute Gasteiger partial charge is 0.305 e. The van der Waals surface area contributed by atoms with Crippen molar-refractivity contribution < 1.29 is 14.3 Å². The summed E-state index contributed by atoms with van der Waals surface area (Å²) in [6, 6.07) is 0. The first-order valence-electron chi connectivity index (χ1n) is 7.04. The summed E-state index contributed by atoms with van der Waals surface area (Å²) in [6.45, 7) is 6.48. The molecule has 1 unspecified atom stereocenters. The van der Waals surface area contributed by atoms with Crippen molar-refractivity contribution in [3.8, 4) is 0 Å². The first-order chi connectivity index (χ1) is 8.98. The Morgan fingerprint density at radius 1 is 1.42 bits per heavy atom. The topological polar surface area (TPSA) is 67.4 Å². The monoisotopic (exact) mass is 270 g/mol. The lowest BCUT2D eigenvalue weighted by molar-refractivity contribution is -0.141. The number of nitrogens with one attached hydrogen (secondary N) is 2. The number of methoxy groups -OCH3 is 1. The van der Waals surface area contributed by atoms with Crippen molar-refractivity contribution in [1.29, 1.82) is 0 Å². The van der Waals surface area contributed by atoms with Crippen LogP contribution in [0.1, 0.15) is 39.5 Å². The molecule has 1 aliphatic rings. The lowest BCUT2D eigenvalue weighted by Crippen LogP contribution is -2.47. The Labute approximate surface area is 115 Å². The van der Waals surface area contributed by atoms with Crippen LogP contribution < -0.4 is 10.6 Å². The van der Waals surface area contributed by atoms with Gasteiger partial charge < -0.3 is 15.4 Å². The van der Waals surface area contributed by atoms with Crippen LogP contribution in [-0.4, -0.2) is 38.6 Å². The molecule has 1 aliphatic heterocycles. The molecule has 0 aromatic heterocycles. The van der Waals surface area contributed by atoms with E-state index in [-0.39, 0.29) is 17.3 Å². The fourth-order valence-corrected chi connectivity index (χ4v) is 2.42. The number of piperidine rings is 1. The van der Waals surface area contributed by atoms with Gasteiger partial charge in [0, 0.05) is 18.4 Å². The first-order valence-corrected chi connectivity index (χ1v) is 7.04. The normalized spacial score (nSPS) is 19.8. The van der Waals surface area contributed by atoms with Crippen LogP contribution in [0.25, 0.3) is 0 Å². The summed E-state index contributed by atoms with van der Waals surface area (Å²) in [7, 11) is 1.38. The Balaban J connectivity index is 2.32. The van der Waals surface area contributed by atoms with Gasteiger partial charge in [-0.3, -0.25) is 9.59 Å². The number of rotatable bonds is 6. The Morgan fingerprint density at radius 2 is 2.16 bits per heavy atom. The van der Waals surface area contributed by atoms with Crippen molar-refractivity contribution in [2.24, 2.45) is 11.3 Å². The molecule has 19 heavy (non-hydrogen) atoms. The maximum atomic E-state index is 12.2. The molecule has 0 aromatic rings. The molecule has 1 amide bonds. The van der Waals surface area contributed by atoms with Crippen molar-refractivity contribution >= 4 is 11.9 Å². The van der Waals surface area contributed by atoms with E-state index in [1.165, 1.54) is 7.11 Å². The van der Waals surface area contributed by atoms with Crippen molar-refractivity contribution in [1.82, 2.24) is 10.6 Å². The number of esters is 1. The van der Waals surface area contributed by atoms with Crippen LogP contribution in [0.5, 0.6) is 0 Å². The van der Waals surface area contributed by atoms with Crippen LogP contribution in [0.15, 0.2) is 0 Å². The largest absolute Gasteiger partial charge is 0.469 e. The molecule has 0 aromatic carbocycles. The number of hydrogen-bond acceptors (Lipinski definition) is 4. The summed E-state index contributed by atoms with van der Waals surface area (Å²) in [5.74, 6) is 0.220. The maximum absolute atomic E-state index is 12.2. The lowest BCUT2D eigenvalue weighted by atomic mass is 9.74. The molecule has 110 valence electrons. The Kier molecular flexibility index (Phi) is 6.28. The highest BCUT2D eigenvalue weighted by molar-refractivity contribution is 5.82. The third-order valence-electron chi connectivity index (χ3n) is 3.97. The zero-order valence-electron chi connectivity index (χ0n) is 12.3. The second-order valence-corrected chi connectivity index (χ2v) is 5.70. The van der Waals surface area contributed by atoms with Crippen LogP contribution in [0, 0.1) is 11.3 Å². The number of amides is 1. The van der Waals surface area contributed by atoms with Gasteiger partial charge in [0.15, 0.2) is 0 Å². The van der Waals surface area contributed by atoms with Gasteiger partial charge in [-0.25, -0.2) is 0 Å². The van der Waals surface area contributed by atoms with E-state index < -0.39 is 0 Å². The summed E-state index contributed by atoms with van der Waals surface area (Å²) in [5, 5.41) is 6.27. The van der Waals surface area contributed by atoms with Gasteiger partial charge in [-0.05, 0) is 38.3 Å². The van der Waals surface area contributed by atoms with E-state index in [2.05, 4.69) is 15.4 Å². The molecule has 5 nitrogen and oxygen atoms in total. The zero-order valence-corrected chi connectivity index (χ0v) is 12.3. The van der Waals surface area contributed by atoms with E-state index in [0.717, 1.165) is 25.9 Å². The van der Waals surface area contributed by atoms with Crippen molar-refractivity contribution in [3.63, 3.8) is 0 Å². The summed E-state index contributed by atoms with van der Waals surface area (Å²) >= 11 is 0. The van der Waals surface area contributed by atoms with Crippen LogP contribution in [-0.2, 0) is 14.3 Å². The Hall–Kier alpha value is -1.10. The quantitative estimate of drug-likeness (QED) is 0.560. The van der Waals surface area contributed by atoms with Gasteiger partial charge in [0.1, 0.15) is 0 Å². The number of carbonyl (C=O) groups is 2. The molecule has 1 heterocycles. The molecule has 2 N–H and O–H groups in total. The summed E-state index contributed by atoms with van der Waals surface area (Å²) in [6.07, 6.45) is 3.19. The van der Waals surface area contributed by atoms with Crippen LogP contribution >= 0.6 is 0 Å². The van der Waals surface area contributed by atoms with Gasteiger partial charge in [0.25, 0.3) is 0 Å². The highest BCUT2D eigenvalue weighted by Crippen LogP contribution is 2.31. The number of ether oxygens (including phenoxy) is 1. The summed E-state index contributed by atoms with van der Waals surface area (Å²) in [4.78, 5) is 23.2. The molecule has 5 heteroatoms. The highest BCUT2D eigenvalue weighted by atomic mass is 16.5. The average Bonchev–Trinajstić information content (AvgIpc) is 2.43. The Bertz CT molecular complexity index is 310. The third-order valence-corrected chi connectivity index (χ3v) is 3.97. The van der Waals surface area contributed by atoms with E-state index in [4.69, 9.17) is 0 Å². The maximum Gasteiger partial charge on any atom is 0.305 e. The van der Waals surface area contributed by atoms with E-state index >= 15 is 0 Å². The second kappa shape index (κ2) is 7.48. The molecule has 0 spiro atoms. The molecule has 0 aliphatic carbocycles. The molecular weight excluding hydrogens is 244 g/mol. The number of hydrogen-bond donors (Lipinski definition) is 2. The van der Waals surface area contributed by atoms with E-state index in [0.29, 0.717) is 25.3 Å². The molecule has 1 saturated heterocycles. The molecule has 1 rings (SSSR count). The van der Waals surface area contributed by atoms with Gasteiger partial charge in [-0.1, -0.05) is 13.8 Å². The second-order valence-electron chi connectivity index (χ2n) is 5.70. The first kappa shape index (κ1) is 16.0. The standard InChI is InChI=1S/C14H26N2O3/c1-14(2,11-6-4-8-15-10-11)13(18)16-9-5-7-12(17)19-3/h11,15H,4-10H2,1-3H3,(H,16,18). The Morgan fingerprint density at radius 3 is 2.74 bits per heavy atom. The number of carbonyl (C=O) groups excluding carboxylic acids is 2. The predicted molar refractivity (Wildman–Crippen MR) is 73.6 cm³/mol. The van der Waals surface area contributed by atoms with E-state index in [1.54, 1.807) is 0 Å². The average molecular weight is 270 g/mol. The molecule has 0 saturated carbocycles. The van der Waals surface area contributed by atoms with Crippen molar-refractivity contribution in [2.45, 2.75) is 39.5 Å². The van der Waals surface area contributed by atoms with Crippen LogP contribution in [0.3, 0.4) is 0 Å². The summed E-state index contributed by atoms with van der Waals surface area (Å²) in [5.41, 5.74) is -0.362. The van der Waals surface area contributed by atoms with Gasteiger partial charge in [-0.15, -0.1) is 0 Å². The molecule has 0 radical (unpaired) electrons. The fraction of sp³-hybridized carbons (Fsp3) is 0.857.